The van der Waals surface area contributed by atoms with Gasteiger partial charge in [-0.2, -0.15) is 0 Å². The summed E-state index contributed by atoms with van der Waals surface area (Å²) >= 11 is 0. The molecule has 0 radical (unpaired) electrons. The third-order valence-corrected chi connectivity index (χ3v) is 3.74. The lowest BCUT2D eigenvalue weighted by molar-refractivity contribution is 1.03. The molecular weight excluding hydrogens is 204 g/mol. The lowest BCUT2D eigenvalue weighted by Gasteiger charge is -2.12. The molecule has 0 N–H and O–H groups in total. The molecule has 0 spiro atoms. The molecule has 0 amide bonds. The number of rotatable bonds is 1. The fraction of sp³-hybridized carbons (Fsp3) is 0.0588. The van der Waals surface area contributed by atoms with Gasteiger partial charge in [0.05, 0.1) is 0 Å². The molecule has 4 rings (SSSR count). The smallest absolute Gasteiger partial charge is 0.0352 e. The Labute approximate surface area is 101 Å². The van der Waals surface area contributed by atoms with Crippen molar-refractivity contribution in [2.45, 2.75) is 5.92 Å². The zero-order chi connectivity index (χ0) is 11.2. The predicted molar refractivity (Wildman–Crippen MR) is 71.3 cm³/mol. The van der Waals surface area contributed by atoms with E-state index in [9.17, 15) is 0 Å². The van der Waals surface area contributed by atoms with E-state index in [4.69, 9.17) is 0 Å². The first-order chi connectivity index (χ1) is 8.45. The molecule has 3 aromatic rings. The summed E-state index contributed by atoms with van der Waals surface area (Å²) in [6.45, 7) is 0. The second-order valence-corrected chi connectivity index (χ2v) is 4.63. The van der Waals surface area contributed by atoms with E-state index in [1.54, 1.807) is 0 Å². The molecule has 1 aliphatic carbocycles. The molecule has 80 valence electrons. The first kappa shape index (κ1) is 9.00. The van der Waals surface area contributed by atoms with Gasteiger partial charge in [0, 0.05) is 5.92 Å². The highest BCUT2D eigenvalue weighted by Gasteiger charge is 2.26. The van der Waals surface area contributed by atoms with E-state index in [1.807, 2.05) is 0 Å². The van der Waals surface area contributed by atoms with Crippen LogP contribution in [0.15, 0.2) is 66.7 Å². The van der Waals surface area contributed by atoms with Gasteiger partial charge in [0.2, 0.25) is 0 Å². The van der Waals surface area contributed by atoms with Gasteiger partial charge in [0.25, 0.3) is 0 Å². The summed E-state index contributed by atoms with van der Waals surface area (Å²) in [5.41, 5.74) is 4.30. The minimum Gasteiger partial charge on any atom is -0.0622 e. The lowest BCUT2D eigenvalue weighted by Crippen LogP contribution is -1.97. The summed E-state index contributed by atoms with van der Waals surface area (Å²) in [6, 6.07) is 24.1. The van der Waals surface area contributed by atoms with Crippen LogP contribution >= 0.6 is 0 Å². The van der Waals surface area contributed by atoms with Gasteiger partial charge < -0.3 is 0 Å². The Hall–Kier alpha value is -2.08. The van der Waals surface area contributed by atoms with Crippen molar-refractivity contribution < 1.29 is 0 Å². The van der Waals surface area contributed by atoms with E-state index < -0.39 is 0 Å². The van der Waals surface area contributed by atoms with E-state index >= 15 is 0 Å². The summed E-state index contributed by atoms with van der Waals surface area (Å²) in [5, 5.41) is 2.83. The van der Waals surface area contributed by atoms with Crippen LogP contribution in [0.4, 0.5) is 0 Å². The average molecular weight is 216 g/mol. The van der Waals surface area contributed by atoms with E-state index in [-0.39, 0.29) is 0 Å². The van der Waals surface area contributed by atoms with Gasteiger partial charge >= 0.3 is 0 Å². The fourth-order valence-electron chi connectivity index (χ4n) is 3.03. The van der Waals surface area contributed by atoms with Crippen LogP contribution in [0.5, 0.6) is 0 Å². The van der Waals surface area contributed by atoms with Gasteiger partial charge in [-0.15, -0.1) is 0 Å². The Bertz CT molecular complexity index is 652. The van der Waals surface area contributed by atoms with Crippen LogP contribution in [-0.4, -0.2) is 0 Å². The highest BCUT2D eigenvalue weighted by atomic mass is 14.3. The second-order valence-electron chi connectivity index (χ2n) is 4.63. The summed E-state index contributed by atoms with van der Waals surface area (Å²) in [5.74, 6) is 0.436. The minimum absolute atomic E-state index is 0.436. The number of hydrogen-bond donors (Lipinski definition) is 0. The molecule has 0 nitrogen and oxygen atoms in total. The molecule has 0 heteroatoms. The molecule has 0 unspecified atom stereocenters. The molecule has 0 aromatic heterocycles. The zero-order valence-corrected chi connectivity index (χ0v) is 9.43. The van der Waals surface area contributed by atoms with Crippen molar-refractivity contribution in [2.24, 2.45) is 0 Å². The van der Waals surface area contributed by atoms with Crippen LogP contribution < -0.4 is 0 Å². The van der Waals surface area contributed by atoms with Crippen molar-refractivity contribution in [2.75, 3.05) is 0 Å². The Morgan fingerprint density at radius 3 is 1.71 bits per heavy atom. The largest absolute Gasteiger partial charge is 0.0622 e. The zero-order valence-electron chi connectivity index (χ0n) is 9.43. The Kier molecular flexibility index (Phi) is 1.70. The Morgan fingerprint density at radius 1 is 0.529 bits per heavy atom. The highest BCUT2D eigenvalue weighted by molar-refractivity contribution is 5.95. The van der Waals surface area contributed by atoms with E-state index in [1.165, 1.54) is 27.5 Å². The fourth-order valence-corrected chi connectivity index (χ4v) is 3.03. The van der Waals surface area contributed by atoms with Crippen molar-refractivity contribution >= 4 is 10.8 Å². The topological polar surface area (TPSA) is 0 Å². The number of benzene rings is 3. The van der Waals surface area contributed by atoms with Crippen LogP contribution in [-0.2, 0) is 0 Å². The molecule has 0 heterocycles. The molecule has 0 fully saturated rings. The van der Waals surface area contributed by atoms with E-state index in [0.29, 0.717) is 5.92 Å². The van der Waals surface area contributed by atoms with Crippen molar-refractivity contribution in [3.63, 3.8) is 0 Å². The Balaban J connectivity index is 2.06. The maximum atomic E-state index is 2.26. The van der Waals surface area contributed by atoms with Crippen LogP contribution in [0, 0.1) is 0 Å². The van der Waals surface area contributed by atoms with Gasteiger partial charge in [0.1, 0.15) is 0 Å². The maximum Gasteiger partial charge on any atom is 0.0352 e. The molecule has 3 aromatic carbocycles. The quantitative estimate of drug-likeness (QED) is 0.444. The van der Waals surface area contributed by atoms with Crippen molar-refractivity contribution in [3.8, 4) is 0 Å². The third-order valence-electron chi connectivity index (χ3n) is 3.74. The first-order valence-corrected chi connectivity index (χ1v) is 6.01. The Morgan fingerprint density at radius 2 is 1.12 bits per heavy atom. The lowest BCUT2D eigenvalue weighted by atomic mass is 9.91. The van der Waals surface area contributed by atoms with Gasteiger partial charge in [0.15, 0.2) is 0 Å². The van der Waals surface area contributed by atoms with Gasteiger partial charge in [-0.1, -0.05) is 66.7 Å². The summed E-state index contributed by atoms with van der Waals surface area (Å²) in [7, 11) is 0. The molecule has 17 heavy (non-hydrogen) atoms. The van der Waals surface area contributed by atoms with Gasteiger partial charge in [-0.3, -0.25) is 0 Å². The van der Waals surface area contributed by atoms with Crippen LogP contribution in [0.3, 0.4) is 0 Å². The summed E-state index contributed by atoms with van der Waals surface area (Å²) in [4.78, 5) is 0. The summed E-state index contributed by atoms with van der Waals surface area (Å²) in [6.07, 6.45) is 0. The number of hydrogen-bond acceptors (Lipinski definition) is 0. The SMILES string of the molecule is c1ccc(C2c3cccc4c2cccc34)cc1. The van der Waals surface area contributed by atoms with Crippen molar-refractivity contribution in [1.29, 1.82) is 0 Å². The minimum atomic E-state index is 0.436. The van der Waals surface area contributed by atoms with Crippen LogP contribution in [0.25, 0.3) is 10.8 Å². The molecule has 0 saturated carbocycles. The molecular formula is C17H12. The maximum absolute atomic E-state index is 2.26. The second kappa shape index (κ2) is 3.21. The van der Waals surface area contributed by atoms with Crippen molar-refractivity contribution in [1.82, 2.24) is 0 Å². The van der Waals surface area contributed by atoms with E-state index in [0.717, 1.165) is 0 Å². The molecule has 1 aliphatic rings. The average Bonchev–Trinajstić information content (AvgIpc) is 2.58. The molecule has 0 aliphatic heterocycles. The first-order valence-electron chi connectivity index (χ1n) is 6.01. The van der Waals surface area contributed by atoms with Gasteiger partial charge in [-0.05, 0) is 27.5 Å². The molecule has 4 bridgehead atoms. The molecule has 0 atom stereocenters. The standard InChI is InChI=1S/C17H12/c1-2-6-12(7-3-1)17-15-10-4-8-13-14(15)9-5-11-16(13)17/h1-11,17H. The van der Waals surface area contributed by atoms with Crippen molar-refractivity contribution in [3.05, 3.63) is 83.4 Å². The van der Waals surface area contributed by atoms with Gasteiger partial charge in [-0.25, -0.2) is 0 Å². The highest BCUT2D eigenvalue weighted by Crippen LogP contribution is 2.44. The van der Waals surface area contributed by atoms with Crippen LogP contribution in [0.2, 0.25) is 0 Å². The van der Waals surface area contributed by atoms with E-state index in [2.05, 4.69) is 66.7 Å². The van der Waals surface area contributed by atoms with Crippen LogP contribution in [0.1, 0.15) is 22.6 Å². The third kappa shape index (κ3) is 1.13. The monoisotopic (exact) mass is 216 g/mol. The molecule has 0 saturated heterocycles. The predicted octanol–water partition coefficient (Wildman–Crippen LogP) is 4.33. The normalized spacial score (nSPS) is 13.6. The summed E-state index contributed by atoms with van der Waals surface area (Å²) < 4.78 is 0.